The maximum absolute atomic E-state index is 13.3. The van der Waals surface area contributed by atoms with Gasteiger partial charge in [-0.3, -0.25) is 14.4 Å². The molecule has 11 heteroatoms. The number of H-pyrrole nitrogens is 1. The van der Waals surface area contributed by atoms with Crippen molar-refractivity contribution < 1.29 is 28.7 Å². The Kier molecular flexibility index (Phi) is 8.03. The number of benzene rings is 1. The number of methoxy groups -OCH3 is 2. The van der Waals surface area contributed by atoms with Gasteiger partial charge in [-0.2, -0.15) is 0 Å². The Hall–Kier alpha value is -3.27. The fourth-order valence-electron chi connectivity index (χ4n) is 4.59. The summed E-state index contributed by atoms with van der Waals surface area (Å²) in [4.78, 5) is 54.0. The Balaban J connectivity index is 1.49. The number of amides is 3. The fourth-order valence-corrected chi connectivity index (χ4v) is 4.80. The first-order valence-electron chi connectivity index (χ1n) is 12.1. The van der Waals surface area contributed by atoms with Crippen LogP contribution in [0.1, 0.15) is 49.0 Å². The molecule has 2 unspecified atom stereocenters. The lowest BCUT2D eigenvalue weighted by Crippen LogP contribution is -2.53. The minimum atomic E-state index is -0.991. The first kappa shape index (κ1) is 25.8. The molecule has 1 saturated heterocycles. The highest BCUT2D eigenvalue weighted by atomic mass is 35.5. The number of fused-ring (bicyclic) bond motifs is 1. The lowest BCUT2D eigenvalue weighted by molar-refractivity contribution is -0.146. The molecule has 1 aromatic carbocycles. The van der Waals surface area contributed by atoms with Crippen molar-refractivity contribution in [3.8, 4) is 5.75 Å². The van der Waals surface area contributed by atoms with Crippen molar-refractivity contribution in [2.45, 2.75) is 50.6 Å². The molecule has 2 fully saturated rings. The van der Waals surface area contributed by atoms with Crippen LogP contribution in [0.5, 0.6) is 5.75 Å². The highest BCUT2D eigenvalue weighted by Crippen LogP contribution is 2.34. The van der Waals surface area contributed by atoms with Crippen LogP contribution in [-0.2, 0) is 19.1 Å². The van der Waals surface area contributed by atoms with Gasteiger partial charge in [-0.1, -0.05) is 24.4 Å². The molecule has 194 valence electrons. The van der Waals surface area contributed by atoms with Crippen molar-refractivity contribution in [1.29, 1.82) is 0 Å². The number of carbonyl (C=O) groups excluding carboxylic acids is 4. The lowest BCUT2D eigenvalue weighted by Gasteiger charge is -2.27. The van der Waals surface area contributed by atoms with E-state index in [9.17, 15) is 19.2 Å². The Bertz CT molecular complexity index is 1160. The molecule has 1 aliphatic heterocycles. The molecular formula is C25H31ClN4O6. The predicted octanol–water partition coefficient (Wildman–Crippen LogP) is 2.30. The van der Waals surface area contributed by atoms with Gasteiger partial charge in [0.05, 0.1) is 19.7 Å². The van der Waals surface area contributed by atoms with Gasteiger partial charge >= 0.3 is 5.97 Å². The third-order valence-corrected chi connectivity index (χ3v) is 6.96. The molecule has 36 heavy (non-hydrogen) atoms. The fraction of sp³-hybridized carbons (Fsp3) is 0.520. The maximum Gasteiger partial charge on any atom is 0.328 e. The van der Waals surface area contributed by atoms with E-state index in [2.05, 4.69) is 20.9 Å². The minimum absolute atomic E-state index is 0.136. The first-order valence-corrected chi connectivity index (χ1v) is 12.5. The number of hydrogen-bond donors (Lipinski definition) is 4. The second kappa shape index (κ2) is 11.2. The molecule has 1 aromatic heterocycles. The van der Waals surface area contributed by atoms with E-state index >= 15 is 0 Å². The quantitative estimate of drug-likeness (QED) is 0.356. The van der Waals surface area contributed by atoms with Crippen LogP contribution in [-0.4, -0.2) is 61.5 Å². The molecule has 2 aliphatic rings. The van der Waals surface area contributed by atoms with E-state index in [1.54, 1.807) is 18.2 Å². The smallest absolute Gasteiger partial charge is 0.328 e. The second-order valence-corrected chi connectivity index (χ2v) is 9.84. The van der Waals surface area contributed by atoms with Crippen LogP contribution in [0, 0.1) is 11.8 Å². The molecule has 2 aromatic rings. The minimum Gasteiger partial charge on any atom is -0.496 e. The van der Waals surface area contributed by atoms with Crippen LogP contribution in [0.25, 0.3) is 10.9 Å². The van der Waals surface area contributed by atoms with E-state index < -0.39 is 35.8 Å². The molecule has 1 aliphatic carbocycles. The van der Waals surface area contributed by atoms with Crippen molar-refractivity contribution in [2.75, 3.05) is 20.8 Å². The third kappa shape index (κ3) is 6.10. The zero-order valence-electron chi connectivity index (χ0n) is 20.3. The zero-order valence-corrected chi connectivity index (χ0v) is 21.1. The van der Waals surface area contributed by atoms with Crippen molar-refractivity contribution >= 4 is 46.2 Å². The summed E-state index contributed by atoms with van der Waals surface area (Å²) in [5, 5.41) is 9.46. The number of aromatic amines is 1. The van der Waals surface area contributed by atoms with Crippen LogP contribution in [0.4, 0.5) is 0 Å². The third-order valence-electron chi connectivity index (χ3n) is 6.74. The first-order chi connectivity index (χ1) is 17.3. The summed E-state index contributed by atoms with van der Waals surface area (Å²) in [5.41, 5.74) is 0.881. The molecule has 3 amide bonds. The number of aromatic nitrogens is 1. The highest BCUT2D eigenvalue weighted by molar-refractivity contribution is 6.31. The SMILES string of the molecule is COC(=O)C(C[C@@H]1CCCNC1=O)NC(=O)C(CC1CC1)NC(=O)c1cc2c(OC)cc(Cl)cc2[nH]1. The molecule has 1 saturated carbocycles. The van der Waals surface area contributed by atoms with Crippen molar-refractivity contribution in [3.63, 3.8) is 0 Å². The molecule has 2 heterocycles. The van der Waals surface area contributed by atoms with E-state index in [1.807, 2.05) is 0 Å². The molecule has 4 N–H and O–H groups in total. The van der Waals surface area contributed by atoms with Gasteiger partial charge in [0.2, 0.25) is 11.8 Å². The number of hydrogen-bond acceptors (Lipinski definition) is 6. The molecule has 0 spiro atoms. The summed E-state index contributed by atoms with van der Waals surface area (Å²) in [6.07, 6.45) is 3.97. The summed E-state index contributed by atoms with van der Waals surface area (Å²) in [5.74, 6) is -1.27. The van der Waals surface area contributed by atoms with Crippen LogP contribution in [0.3, 0.4) is 0 Å². The molecule has 10 nitrogen and oxygen atoms in total. The van der Waals surface area contributed by atoms with E-state index in [0.717, 1.165) is 19.3 Å². The monoisotopic (exact) mass is 518 g/mol. The van der Waals surface area contributed by atoms with Crippen molar-refractivity contribution in [2.24, 2.45) is 11.8 Å². The maximum atomic E-state index is 13.3. The Morgan fingerprint density at radius 2 is 1.86 bits per heavy atom. The zero-order chi connectivity index (χ0) is 25.8. The number of carbonyl (C=O) groups is 4. The van der Waals surface area contributed by atoms with Crippen LogP contribution in [0.2, 0.25) is 5.02 Å². The Labute approximate surface area is 213 Å². The van der Waals surface area contributed by atoms with Gasteiger partial charge in [-0.05, 0) is 49.8 Å². The average molecular weight is 519 g/mol. The number of rotatable bonds is 10. The molecule has 0 radical (unpaired) electrons. The van der Waals surface area contributed by atoms with Gasteiger partial charge in [0.25, 0.3) is 5.91 Å². The van der Waals surface area contributed by atoms with Gasteiger partial charge < -0.3 is 30.4 Å². The summed E-state index contributed by atoms with van der Waals surface area (Å²) in [7, 11) is 2.75. The highest BCUT2D eigenvalue weighted by Gasteiger charge is 2.35. The lowest BCUT2D eigenvalue weighted by atomic mass is 9.91. The van der Waals surface area contributed by atoms with Crippen LogP contribution >= 0.6 is 11.6 Å². The summed E-state index contributed by atoms with van der Waals surface area (Å²) in [6.45, 7) is 0.603. The van der Waals surface area contributed by atoms with E-state index in [-0.39, 0.29) is 18.0 Å². The van der Waals surface area contributed by atoms with Gasteiger partial charge in [-0.15, -0.1) is 0 Å². The molecule has 4 rings (SSSR count). The number of esters is 1. The standard InChI is InChI=1S/C25H31ClN4O6/c1-35-21-11-15(26)10-17-16(21)12-19(28-17)24(33)29-18(8-13-5-6-13)23(32)30-20(25(34)36-2)9-14-4-3-7-27-22(14)31/h10-14,18,20,28H,3-9H2,1-2H3,(H,27,31)(H,29,33)(H,30,32)/t14-,18?,20?/m0/s1. The van der Waals surface area contributed by atoms with Gasteiger partial charge in [0.1, 0.15) is 23.5 Å². The topological polar surface area (TPSA) is 139 Å². The summed E-state index contributed by atoms with van der Waals surface area (Å²) in [6, 6.07) is 3.14. The number of ether oxygens (including phenoxy) is 2. The van der Waals surface area contributed by atoms with E-state index in [4.69, 9.17) is 21.1 Å². The van der Waals surface area contributed by atoms with Gasteiger partial charge in [0.15, 0.2) is 0 Å². The Morgan fingerprint density at radius 1 is 1.08 bits per heavy atom. The summed E-state index contributed by atoms with van der Waals surface area (Å²) < 4.78 is 10.2. The summed E-state index contributed by atoms with van der Waals surface area (Å²) >= 11 is 6.13. The number of halogens is 1. The van der Waals surface area contributed by atoms with Crippen LogP contribution in [0.15, 0.2) is 18.2 Å². The largest absolute Gasteiger partial charge is 0.496 e. The Morgan fingerprint density at radius 3 is 2.53 bits per heavy atom. The number of piperidine rings is 1. The molecule has 0 bridgehead atoms. The van der Waals surface area contributed by atoms with Crippen molar-refractivity contribution in [3.05, 3.63) is 28.9 Å². The second-order valence-electron chi connectivity index (χ2n) is 9.41. The number of nitrogens with one attached hydrogen (secondary N) is 4. The van der Waals surface area contributed by atoms with Crippen LogP contribution < -0.4 is 20.7 Å². The predicted molar refractivity (Wildman–Crippen MR) is 133 cm³/mol. The van der Waals surface area contributed by atoms with Crippen molar-refractivity contribution in [1.82, 2.24) is 20.9 Å². The van der Waals surface area contributed by atoms with Gasteiger partial charge in [-0.25, -0.2) is 4.79 Å². The van der Waals surface area contributed by atoms with Gasteiger partial charge in [0, 0.05) is 22.9 Å². The van der Waals surface area contributed by atoms with E-state index in [1.165, 1.54) is 14.2 Å². The average Bonchev–Trinajstić information content (AvgIpc) is 3.58. The molecular weight excluding hydrogens is 488 g/mol. The normalized spacial score (nSPS) is 19.2. The van der Waals surface area contributed by atoms with E-state index in [0.29, 0.717) is 47.0 Å². The molecule has 3 atom stereocenters.